The van der Waals surface area contributed by atoms with Crippen molar-refractivity contribution in [2.75, 3.05) is 30.3 Å². The molecule has 0 radical (unpaired) electrons. The summed E-state index contributed by atoms with van der Waals surface area (Å²) in [5.74, 6) is -1.17. The van der Waals surface area contributed by atoms with Crippen LogP contribution in [-0.2, 0) is 4.79 Å². The van der Waals surface area contributed by atoms with Gasteiger partial charge in [-0.1, -0.05) is 35.9 Å². The molecule has 0 bridgehead atoms. The summed E-state index contributed by atoms with van der Waals surface area (Å²) in [7, 11) is 0. The molecule has 1 spiro atoms. The zero-order valence-electron chi connectivity index (χ0n) is 21.7. The van der Waals surface area contributed by atoms with Gasteiger partial charge in [0.25, 0.3) is 0 Å². The molecule has 2 fully saturated rings. The third-order valence-electron chi connectivity index (χ3n) is 7.68. The molecule has 0 amide bonds. The molecule has 2 aliphatic rings. The molecule has 9 nitrogen and oxygen atoms in total. The van der Waals surface area contributed by atoms with Crippen LogP contribution in [0.3, 0.4) is 0 Å². The molecule has 13 heteroatoms. The highest BCUT2D eigenvalue weighted by molar-refractivity contribution is 6.30. The number of aromatic nitrogens is 2. The van der Waals surface area contributed by atoms with E-state index in [4.69, 9.17) is 22.1 Å². The lowest BCUT2D eigenvalue weighted by molar-refractivity contribution is -0.198. The summed E-state index contributed by atoms with van der Waals surface area (Å²) in [4.78, 5) is 32.7. The predicted octanol–water partition coefficient (Wildman–Crippen LogP) is 4.91. The van der Waals surface area contributed by atoms with E-state index in [1.807, 2.05) is 4.90 Å². The van der Waals surface area contributed by atoms with Crippen LogP contribution >= 0.6 is 11.6 Å². The molecule has 2 aliphatic heterocycles. The summed E-state index contributed by atoms with van der Waals surface area (Å²) in [5, 5.41) is 12.6. The molecule has 5 rings (SSSR count). The van der Waals surface area contributed by atoms with E-state index in [9.17, 15) is 27.9 Å². The normalized spacial score (nSPS) is 19.2. The van der Waals surface area contributed by atoms with Gasteiger partial charge in [0.1, 0.15) is 18.1 Å². The molecular weight excluding hydrogens is 563 g/mol. The third kappa shape index (κ3) is 6.23. The maximum absolute atomic E-state index is 14.5. The molecule has 2 atom stereocenters. The Kier molecular flexibility index (Phi) is 7.80. The summed E-state index contributed by atoms with van der Waals surface area (Å²) in [6.45, 7) is 1.62. The van der Waals surface area contributed by atoms with E-state index < -0.39 is 24.3 Å². The number of nitrogens with two attached hydrogens (primary N) is 1. The lowest BCUT2D eigenvalue weighted by Gasteiger charge is -2.39. The highest BCUT2D eigenvalue weighted by Gasteiger charge is 2.46. The van der Waals surface area contributed by atoms with Gasteiger partial charge in [0.2, 0.25) is 17.9 Å². The third-order valence-corrected chi connectivity index (χ3v) is 7.92. The van der Waals surface area contributed by atoms with Crippen molar-refractivity contribution in [3.05, 3.63) is 64.7 Å². The van der Waals surface area contributed by atoms with Crippen LogP contribution in [0.1, 0.15) is 41.3 Å². The van der Waals surface area contributed by atoms with Crippen LogP contribution in [0.25, 0.3) is 11.1 Å². The average molecular weight is 590 g/mol. The predicted molar refractivity (Wildman–Crippen MR) is 146 cm³/mol. The van der Waals surface area contributed by atoms with Gasteiger partial charge < -0.3 is 25.8 Å². The number of hydrogen-bond donors (Lipinski definition) is 3. The Morgan fingerprint density at radius 1 is 1.20 bits per heavy atom. The lowest BCUT2D eigenvalue weighted by atomic mass is 9.76. The van der Waals surface area contributed by atoms with Gasteiger partial charge in [-0.25, -0.2) is 0 Å². The minimum absolute atomic E-state index is 0.150. The number of carboxylic acids is 1. The number of ether oxygens (including phenoxy) is 1. The summed E-state index contributed by atoms with van der Waals surface area (Å²) in [6, 6.07) is 10.9. The van der Waals surface area contributed by atoms with E-state index in [1.54, 1.807) is 18.2 Å². The van der Waals surface area contributed by atoms with Crippen molar-refractivity contribution in [1.29, 1.82) is 0 Å². The van der Waals surface area contributed by atoms with E-state index in [2.05, 4.69) is 15.3 Å². The number of alkyl halides is 3. The first-order chi connectivity index (χ1) is 19.5. The summed E-state index contributed by atoms with van der Waals surface area (Å²) in [6.07, 6.45) is -4.79. The van der Waals surface area contributed by atoms with Crippen LogP contribution < -0.4 is 20.7 Å². The molecule has 3 heterocycles. The first kappa shape index (κ1) is 28.6. The quantitative estimate of drug-likeness (QED) is 0.329. The van der Waals surface area contributed by atoms with Crippen molar-refractivity contribution >= 4 is 35.6 Å². The highest BCUT2D eigenvalue weighted by Crippen LogP contribution is 2.43. The number of nitrogens with zero attached hydrogens (tertiary/aromatic N) is 3. The van der Waals surface area contributed by atoms with Gasteiger partial charge in [-0.05, 0) is 54.0 Å². The minimum atomic E-state index is -4.85. The first-order valence-corrected chi connectivity index (χ1v) is 13.3. The van der Waals surface area contributed by atoms with Crippen LogP contribution in [0.2, 0.25) is 5.02 Å². The number of halogens is 4. The van der Waals surface area contributed by atoms with Crippen molar-refractivity contribution in [1.82, 2.24) is 15.3 Å². The van der Waals surface area contributed by atoms with Gasteiger partial charge in [0.05, 0.1) is 0 Å². The fourth-order valence-corrected chi connectivity index (χ4v) is 5.72. The molecule has 41 heavy (non-hydrogen) atoms. The number of piperidine rings is 1. The molecule has 0 saturated carbocycles. The molecule has 0 unspecified atom stereocenters. The molecule has 2 saturated heterocycles. The standard InChI is InChI=1S/C28H27ClF3N5O4/c29-18-4-5-19(20(11-18)17-3-1-2-16(10-17)14-38)24(28(30,31)32)41-23-12-22(35-26(33)36-23)37-8-6-27(7-9-37)13-21(25(39)40)34-15-27/h1-5,10-12,14,21,24,34H,6-9,13,15H2,(H,39,40)(H2,33,35,36)/t21-,24+/m0/s1. The van der Waals surface area contributed by atoms with E-state index in [-0.39, 0.29) is 33.4 Å². The number of nitrogen functional groups attached to an aromatic ring is 1. The minimum Gasteiger partial charge on any atom is -0.480 e. The molecule has 216 valence electrons. The second-order valence-corrected chi connectivity index (χ2v) is 10.8. The second-order valence-electron chi connectivity index (χ2n) is 10.4. The first-order valence-electron chi connectivity index (χ1n) is 12.9. The molecular formula is C28H27ClF3N5O4. The fraction of sp³-hybridized carbons (Fsp3) is 0.357. The van der Waals surface area contributed by atoms with E-state index in [0.717, 1.165) is 0 Å². The maximum Gasteiger partial charge on any atom is 0.429 e. The summed E-state index contributed by atoms with van der Waals surface area (Å²) < 4.78 is 49.0. The number of rotatable bonds is 7. The Balaban J connectivity index is 1.42. The number of carbonyl (C=O) groups excluding carboxylic acids is 1. The Labute approximate surface area is 238 Å². The Morgan fingerprint density at radius 3 is 2.61 bits per heavy atom. The zero-order valence-corrected chi connectivity index (χ0v) is 22.5. The van der Waals surface area contributed by atoms with E-state index in [0.29, 0.717) is 62.1 Å². The Hall–Kier alpha value is -3.90. The van der Waals surface area contributed by atoms with Crippen molar-refractivity contribution in [2.45, 2.75) is 37.6 Å². The Morgan fingerprint density at radius 2 is 1.95 bits per heavy atom. The van der Waals surface area contributed by atoms with Gasteiger partial charge in [-0.15, -0.1) is 0 Å². The van der Waals surface area contributed by atoms with Crippen molar-refractivity contribution in [3.63, 3.8) is 0 Å². The van der Waals surface area contributed by atoms with E-state index in [1.165, 1.54) is 30.3 Å². The number of hydrogen-bond acceptors (Lipinski definition) is 8. The SMILES string of the molecule is Nc1nc(O[C@H](c2ccc(Cl)cc2-c2cccc(C=O)c2)C(F)(F)F)cc(N2CCC3(CC2)CN[C@H](C(=O)O)C3)n1. The van der Waals surface area contributed by atoms with Gasteiger partial charge >= 0.3 is 12.1 Å². The zero-order chi connectivity index (χ0) is 29.4. The summed E-state index contributed by atoms with van der Waals surface area (Å²) >= 11 is 6.15. The smallest absolute Gasteiger partial charge is 0.429 e. The van der Waals surface area contributed by atoms with Gasteiger partial charge in [0.15, 0.2) is 0 Å². The van der Waals surface area contributed by atoms with Crippen LogP contribution in [0.4, 0.5) is 24.9 Å². The van der Waals surface area contributed by atoms with Gasteiger partial charge in [0, 0.05) is 41.9 Å². The Bertz CT molecular complexity index is 1460. The van der Waals surface area contributed by atoms with Crippen molar-refractivity contribution in [3.8, 4) is 17.0 Å². The molecule has 0 aliphatic carbocycles. The molecule has 2 aromatic carbocycles. The molecule has 1 aromatic heterocycles. The number of carbonyl (C=O) groups is 2. The number of nitrogens with one attached hydrogen (secondary N) is 1. The lowest BCUT2D eigenvalue weighted by Crippen LogP contribution is -2.41. The van der Waals surface area contributed by atoms with Crippen LogP contribution in [0.15, 0.2) is 48.5 Å². The number of anilines is 2. The number of carboxylic acid groups (broad SMARTS) is 1. The topological polar surface area (TPSA) is 131 Å². The van der Waals surface area contributed by atoms with Crippen molar-refractivity contribution < 1.29 is 32.6 Å². The van der Waals surface area contributed by atoms with E-state index >= 15 is 0 Å². The van der Waals surface area contributed by atoms with Crippen molar-refractivity contribution in [2.24, 2.45) is 5.41 Å². The van der Waals surface area contributed by atoms with Crippen LogP contribution in [0.5, 0.6) is 5.88 Å². The number of aliphatic carboxylic acids is 1. The van der Waals surface area contributed by atoms with Gasteiger partial charge in [-0.2, -0.15) is 23.1 Å². The maximum atomic E-state index is 14.5. The second kappa shape index (κ2) is 11.2. The fourth-order valence-electron chi connectivity index (χ4n) is 5.55. The number of aldehydes is 1. The summed E-state index contributed by atoms with van der Waals surface area (Å²) in [5.41, 5.74) is 6.32. The van der Waals surface area contributed by atoms with Crippen LogP contribution in [-0.4, -0.2) is 59.2 Å². The highest BCUT2D eigenvalue weighted by atomic mass is 35.5. The average Bonchev–Trinajstić information content (AvgIpc) is 3.35. The monoisotopic (exact) mass is 589 g/mol. The molecule has 3 aromatic rings. The van der Waals surface area contributed by atoms with Crippen LogP contribution in [0, 0.1) is 5.41 Å². The largest absolute Gasteiger partial charge is 0.480 e. The molecule has 4 N–H and O–H groups in total. The number of benzene rings is 2. The van der Waals surface area contributed by atoms with Gasteiger partial charge in [-0.3, -0.25) is 9.59 Å².